The summed E-state index contributed by atoms with van der Waals surface area (Å²) in [5, 5.41) is 11.5. The van der Waals surface area contributed by atoms with Crippen molar-refractivity contribution in [2.24, 2.45) is 16.5 Å². The third-order valence-corrected chi connectivity index (χ3v) is 18.0. The number of hydrogen-bond donors (Lipinski definition) is 7. The van der Waals surface area contributed by atoms with Crippen molar-refractivity contribution in [3.63, 3.8) is 0 Å². The summed E-state index contributed by atoms with van der Waals surface area (Å²) < 4.78 is 54.8. The third kappa shape index (κ3) is 20.6. The van der Waals surface area contributed by atoms with E-state index >= 15 is 9.59 Å². The molecule has 1 saturated carbocycles. The monoisotopic (exact) mass is 1270 g/mol. The molecule has 4 atom stereocenters. The first kappa shape index (κ1) is 71.2. The number of fused-ring (bicyclic) bond motifs is 1. The number of hydrogen-bond acceptors (Lipinski definition) is 13. The predicted molar refractivity (Wildman–Crippen MR) is 348 cm³/mol. The number of aliphatic imine (C=N–C) groups is 1. The zero-order valence-corrected chi connectivity index (χ0v) is 55.7. The van der Waals surface area contributed by atoms with Gasteiger partial charge in [0.1, 0.15) is 34.6 Å². The number of unbranched alkanes of at least 4 members (excludes halogenated alkanes) is 2. The number of ether oxygens (including phenoxy) is 4. The topological polar surface area (TPSA) is 281 Å². The highest BCUT2D eigenvalue weighted by Gasteiger charge is 2.44. The second kappa shape index (κ2) is 31.7. The minimum atomic E-state index is -4.28. The van der Waals surface area contributed by atoms with E-state index in [0.717, 1.165) is 36.8 Å². The van der Waals surface area contributed by atoms with Gasteiger partial charge in [-0.2, -0.15) is 0 Å². The van der Waals surface area contributed by atoms with Crippen molar-refractivity contribution in [3.8, 4) is 5.75 Å². The van der Waals surface area contributed by atoms with E-state index in [-0.39, 0.29) is 50.2 Å². The Bertz CT molecular complexity index is 3210. The van der Waals surface area contributed by atoms with Crippen LogP contribution in [0, 0.1) is 20.8 Å². The second-order valence-electron chi connectivity index (χ2n) is 26.3. The fourth-order valence-electron chi connectivity index (χ4n) is 11.6. The van der Waals surface area contributed by atoms with Crippen LogP contribution in [0.2, 0.25) is 5.02 Å². The Morgan fingerprint density at radius 3 is 1.81 bits per heavy atom. The molecule has 0 bridgehead atoms. The number of guanidine groups is 1. The molecule has 4 amide bonds. The normalized spacial score (nSPS) is 16.3. The van der Waals surface area contributed by atoms with Gasteiger partial charge in [-0.25, -0.2) is 27.5 Å². The molecule has 2 aliphatic rings. The molecule has 1 heterocycles. The molecule has 19 nitrogen and oxygen atoms in total. The summed E-state index contributed by atoms with van der Waals surface area (Å²) in [5.74, 6) is -1.69. The summed E-state index contributed by atoms with van der Waals surface area (Å²) in [7, 11) is -4.28. The fourth-order valence-corrected chi connectivity index (χ4v) is 13.4. The van der Waals surface area contributed by atoms with E-state index in [1.807, 2.05) is 75.4 Å². The van der Waals surface area contributed by atoms with Gasteiger partial charge in [0.25, 0.3) is 10.0 Å². The van der Waals surface area contributed by atoms with Crippen LogP contribution in [-0.2, 0) is 50.6 Å². The van der Waals surface area contributed by atoms with Crippen LogP contribution in [0.15, 0.2) is 88.8 Å². The average molecular weight is 1270 g/mol. The largest absolute Gasteiger partial charge is 0.487 e. The molecular formula is C68H97ClN8O11S. The fraction of sp³-hybridized carbons (Fsp3) is 0.559. The molecule has 1 aliphatic heterocycles. The highest BCUT2D eigenvalue weighted by atomic mass is 35.5. The average Bonchev–Trinajstić information content (AvgIpc) is 1.98. The van der Waals surface area contributed by atoms with Crippen LogP contribution in [0.25, 0.3) is 0 Å². The summed E-state index contributed by atoms with van der Waals surface area (Å²) in [5.41, 5.74) is 14.9. The number of rotatable bonds is 26. The van der Waals surface area contributed by atoms with Gasteiger partial charge in [-0.15, -0.1) is 0 Å². The molecule has 0 aromatic heterocycles. The Balaban J connectivity index is 1.33. The lowest BCUT2D eigenvalue weighted by molar-refractivity contribution is -0.157. The van der Waals surface area contributed by atoms with Gasteiger partial charge in [-0.1, -0.05) is 117 Å². The Labute approximate surface area is 532 Å². The molecule has 0 radical (unpaired) electrons. The van der Waals surface area contributed by atoms with Gasteiger partial charge < -0.3 is 51.7 Å². The molecule has 4 aromatic rings. The molecule has 9 N–H and O–H groups in total. The maximum absolute atomic E-state index is 15.7. The summed E-state index contributed by atoms with van der Waals surface area (Å²) in [6.07, 6.45) is 9.41. The molecule has 0 spiro atoms. The maximum atomic E-state index is 15.7. The molecule has 21 heteroatoms. The van der Waals surface area contributed by atoms with E-state index in [0.29, 0.717) is 76.6 Å². The predicted octanol–water partition coefficient (Wildman–Crippen LogP) is 11.4. The highest BCUT2D eigenvalue weighted by molar-refractivity contribution is 7.90. The van der Waals surface area contributed by atoms with Crippen LogP contribution in [-0.4, -0.2) is 98.9 Å². The molecular weight excluding hydrogens is 1170 g/mol. The van der Waals surface area contributed by atoms with Gasteiger partial charge in [-0.05, 0) is 169 Å². The number of carbonyl (C=O) groups excluding carboxylic acids is 5. The highest BCUT2D eigenvalue weighted by Crippen LogP contribution is 2.46. The van der Waals surface area contributed by atoms with Crippen molar-refractivity contribution in [2.75, 3.05) is 19.6 Å². The number of benzene rings is 4. The number of alkyl carbamates (subject to hydrolysis) is 2. The Hall–Kier alpha value is -6.90. The van der Waals surface area contributed by atoms with Gasteiger partial charge in [0.15, 0.2) is 5.60 Å². The first-order valence-electron chi connectivity index (χ1n) is 31.5. The number of nitrogens with one attached hydrogen (secondary N) is 5. The van der Waals surface area contributed by atoms with E-state index in [1.165, 1.54) is 24.8 Å². The Morgan fingerprint density at radius 1 is 0.674 bits per heavy atom. The van der Waals surface area contributed by atoms with Crippen molar-refractivity contribution in [1.82, 2.24) is 26.0 Å². The zero-order valence-electron chi connectivity index (χ0n) is 54.1. The zero-order chi connectivity index (χ0) is 65.3. The van der Waals surface area contributed by atoms with Crippen molar-refractivity contribution < 1.29 is 51.3 Å². The minimum absolute atomic E-state index is 0.0412. The summed E-state index contributed by atoms with van der Waals surface area (Å²) in [6, 6.07) is 20.9. The van der Waals surface area contributed by atoms with Gasteiger partial charge in [0.2, 0.25) is 17.8 Å². The van der Waals surface area contributed by atoms with Crippen LogP contribution in [0.1, 0.15) is 202 Å². The molecule has 6 rings (SSSR count). The molecule has 0 saturated heterocycles. The number of carbonyl (C=O) groups is 5. The summed E-state index contributed by atoms with van der Waals surface area (Å²) in [6.45, 7) is 20.2. The van der Waals surface area contributed by atoms with Gasteiger partial charge >= 0.3 is 18.2 Å². The molecule has 1 fully saturated rings. The van der Waals surface area contributed by atoms with E-state index in [1.54, 1.807) is 67.5 Å². The lowest BCUT2D eigenvalue weighted by atomic mass is 9.78. The molecule has 1 aliphatic carbocycles. The van der Waals surface area contributed by atoms with Gasteiger partial charge in [-0.3, -0.25) is 14.6 Å². The number of nitrogens with zero attached hydrogens (tertiary/aromatic N) is 1. The lowest BCUT2D eigenvalue weighted by Gasteiger charge is -2.37. The standard InChI is InChI=1S/C68H97ClN8O11S/c1-44-45(2)58(46(3)57-51(44)43-67(10,11)85-57)89(83,84)77-62(71)72-42-26-35-56(76-60(79)55(34-23-25-41-74-64(82)88-66(7,8)9)75-59(78)54(70)33-22-24-40-73-63(81)87-65(4,5)6)61(80)86-68(49-29-18-15-19-30-49,52-31-20-21-32-53(52)69)50-38-36-48(37-39-50)47-27-16-13-12-14-17-28-47/h15,18-21,29-32,36-39,47,54-56H,12-14,16-17,22-28,33-35,40-43,70H2,1-11H3,(H,73,81)(H,74,82)(H,75,78)(H,76,79)(H3,71,72,77)/t54-,55-,56-,68?/m0/s1. The molecule has 488 valence electrons. The number of sulfonamides is 1. The first-order chi connectivity index (χ1) is 41.9. The number of halogens is 1. The van der Waals surface area contributed by atoms with Gasteiger partial charge in [0.05, 0.1) is 10.9 Å². The van der Waals surface area contributed by atoms with E-state index in [4.69, 9.17) is 42.0 Å². The second-order valence-corrected chi connectivity index (χ2v) is 28.3. The van der Waals surface area contributed by atoms with Gasteiger partial charge in [0, 0.05) is 58.9 Å². The van der Waals surface area contributed by atoms with Crippen LogP contribution >= 0.6 is 11.6 Å². The van der Waals surface area contributed by atoms with Crippen molar-refractivity contribution >= 4 is 57.6 Å². The third-order valence-electron chi connectivity index (χ3n) is 16.1. The summed E-state index contributed by atoms with van der Waals surface area (Å²) >= 11 is 7.19. The van der Waals surface area contributed by atoms with Crippen LogP contribution in [0.4, 0.5) is 9.59 Å². The first-order valence-corrected chi connectivity index (χ1v) is 33.4. The Kier molecular flexibility index (Phi) is 25.4. The molecule has 89 heavy (non-hydrogen) atoms. The lowest BCUT2D eigenvalue weighted by Crippen LogP contribution is -2.55. The van der Waals surface area contributed by atoms with E-state index in [9.17, 15) is 22.8 Å². The van der Waals surface area contributed by atoms with Crippen molar-refractivity contribution in [3.05, 3.63) is 128 Å². The number of amides is 4. The Morgan fingerprint density at radius 2 is 1.21 bits per heavy atom. The number of esters is 1. The SMILES string of the molecule is Cc1c(C)c(S(=O)(=O)NC(N)=NCCC[C@H](NC(=O)[C@H](CCCCNC(=O)OC(C)(C)C)NC(=O)[C@@H](N)CCCCNC(=O)OC(C)(C)C)C(=O)OC(c2ccccc2)(c2ccc(C3CCCCCCC3)cc2)c2ccccc2Cl)c(C)c2c1CC(C)(C)O2. The van der Waals surface area contributed by atoms with Crippen LogP contribution < -0.4 is 42.2 Å². The smallest absolute Gasteiger partial charge is 0.407 e. The van der Waals surface area contributed by atoms with Crippen molar-refractivity contribution in [1.29, 1.82) is 0 Å². The number of nitrogens with two attached hydrogens (primary N) is 2. The maximum Gasteiger partial charge on any atom is 0.407 e. The minimum Gasteiger partial charge on any atom is -0.487 e. The molecule has 1 unspecified atom stereocenters. The van der Waals surface area contributed by atoms with Crippen molar-refractivity contribution in [2.45, 2.75) is 230 Å². The van der Waals surface area contributed by atoms with E-state index in [2.05, 4.69) is 43.1 Å². The van der Waals surface area contributed by atoms with Crippen LogP contribution in [0.3, 0.4) is 0 Å². The van der Waals surface area contributed by atoms with E-state index < -0.39 is 86.5 Å². The quantitative estimate of drug-likeness (QED) is 0.00770. The molecule has 4 aromatic carbocycles. The van der Waals surface area contributed by atoms with Crippen LogP contribution in [0.5, 0.6) is 5.75 Å². The summed E-state index contributed by atoms with van der Waals surface area (Å²) in [4.78, 5) is 73.9.